The minimum absolute atomic E-state index is 0.00720. The summed E-state index contributed by atoms with van der Waals surface area (Å²) in [4.78, 5) is 0. The Labute approximate surface area is 148 Å². The standard InChI is InChI=1S/C17H23N3O4S/c1-25(21,22)19-17-7-10-23-12-15(17)13-24-16-5-3-14(4-6-16)11-20-9-2-8-18-20/h2-6,8-9,15,17,19H,7,10-13H2,1H3/t15-,17+/m1/s1. The maximum atomic E-state index is 11.5. The molecule has 1 aromatic carbocycles. The molecule has 3 rings (SSSR count). The molecule has 1 fully saturated rings. The van der Waals surface area contributed by atoms with Gasteiger partial charge in [-0.05, 0) is 30.2 Å². The van der Waals surface area contributed by atoms with Crippen LogP contribution in [0.4, 0.5) is 0 Å². The third-order valence-corrected chi connectivity index (χ3v) is 4.86. The Bertz CT molecular complexity index is 760. The van der Waals surface area contributed by atoms with E-state index in [4.69, 9.17) is 9.47 Å². The third-order valence-electron chi connectivity index (χ3n) is 4.13. The zero-order chi connectivity index (χ0) is 17.7. The Morgan fingerprint density at radius 3 is 2.84 bits per heavy atom. The first-order chi connectivity index (χ1) is 12.0. The first kappa shape index (κ1) is 17.9. The first-order valence-corrected chi connectivity index (χ1v) is 10.1. The summed E-state index contributed by atoms with van der Waals surface area (Å²) < 4.78 is 38.8. The molecule has 2 aromatic rings. The van der Waals surface area contributed by atoms with Gasteiger partial charge in [0.2, 0.25) is 10.0 Å². The van der Waals surface area contributed by atoms with Crippen molar-refractivity contribution in [2.75, 3.05) is 26.1 Å². The second kappa shape index (κ2) is 7.99. The van der Waals surface area contributed by atoms with Crippen LogP contribution in [-0.4, -0.2) is 50.3 Å². The summed E-state index contributed by atoms with van der Waals surface area (Å²) in [6, 6.07) is 9.58. The number of nitrogens with zero attached hydrogens (tertiary/aromatic N) is 2. The summed E-state index contributed by atoms with van der Waals surface area (Å²) in [6.45, 7) is 2.17. The molecule has 25 heavy (non-hydrogen) atoms. The van der Waals surface area contributed by atoms with Crippen molar-refractivity contribution in [2.45, 2.75) is 19.0 Å². The molecule has 2 heterocycles. The Morgan fingerprint density at radius 1 is 1.36 bits per heavy atom. The van der Waals surface area contributed by atoms with Crippen LogP contribution in [0.15, 0.2) is 42.7 Å². The van der Waals surface area contributed by atoms with Gasteiger partial charge >= 0.3 is 0 Å². The van der Waals surface area contributed by atoms with E-state index in [1.165, 1.54) is 6.26 Å². The van der Waals surface area contributed by atoms with E-state index < -0.39 is 10.0 Å². The number of nitrogens with one attached hydrogen (secondary N) is 1. The monoisotopic (exact) mass is 365 g/mol. The topological polar surface area (TPSA) is 82.5 Å². The van der Waals surface area contributed by atoms with Gasteiger partial charge in [0.1, 0.15) is 5.75 Å². The zero-order valence-electron chi connectivity index (χ0n) is 14.2. The van der Waals surface area contributed by atoms with Crippen molar-refractivity contribution in [3.05, 3.63) is 48.3 Å². The van der Waals surface area contributed by atoms with Crippen LogP contribution in [0.25, 0.3) is 0 Å². The second-order valence-electron chi connectivity index (χ2n) is 6.28. The van der Waals surface area contributed by atoms with Crippen molar-refractivity contribution in [3.8, 4) is 5.75 Å². The third kappa shape index (κ3) is 5.55. The van der Waals surface area contributed by atoms with E-state index in [1.54, 1.807) is 6.20 Å². The molecule has 1 saturated heterocycles. The van der Waals surface area contributed by atoms with Gasteiger partial charge in [-0.2, -0.15) is 5.10 Å². The fraction of sp³-hybridized carbons (Fsp3) is 0.471. The number of aromatic nitrogens is 2. The summed E-state index contributed by atoms with van der Waals surface area (Å²) in [5.74, 6) is 0.750. The second-order valence-corrected chi connectivity index (χ2v) is 8.06. The Morgan fingerprint density at radius 2 is 2.16 bits per heavy atom. The average Bonchev–Trinajstić information content (AvgIpc) is 3.07. The number of sulfonamides is 1. The highest BCUT2D eigenvalue weighted by molar-refractivity contribution is 7.88. The summed E-state index contributed by atoms with van der Waals surface area (Å²) >= 11 is 0. The van der Waals surface area contributed by atoms with Gasteiger partial charge in [-0.15, -0.1) is 0 Å². The summed E-state index contributed by atoms with van der Waals surface area (Å²) in [7, 11) is -3.24. The molecule has 0 amide bonds. The lowest BCUT2D eigenvalue weighted by Gasteiger charge is -2.31. The molecule has 0 bridgehead atoms. The molecule has 1 aliphatic heterocycles. The zero-order valence-corrected chi connectivity index (χ0v) is 15.0. The van der Waals surface area contributed by atoms with Gasteiger partial charge in [0, 0.05) is 31.0 Å². The van der Waals surface area contributed by atoms with Crippen LogP contribution in [0.2, 0.25) is 0 Å². The van der Waals surface area contributed by atoms with Crippen molar-refractivity contribution in [3.63, 3.8) is 0 Å². The van der Waals surface area contributed by atoms with Crippen LogP contribution in [0.3, 0.4) is 0 Å². The maximum Gasteiger partial charge on any atom is 0.208 e. The van der Waals surface area contributed by atoms with Crippen LogP contribution in [0, 0.1) is 5.92 Å². The number of benzene rings is 1. The van der Waals surface area contributed by atoms with Gasteiger partial charge in [0.05, 0.1) is 26.0 Å². The molecule has 0 aliphatic carbocycles. The minimum Gasteiger partial charge on any atom is -0.493 e. The Hall–Kier alpha value is -1.90. The quantitative estimate of drug-likeness (QED) is 0.799. The van der Waals surface area contributed by atoms with Crippen LogP contribution >= 0.6 is 0 Å². The normalized spacial score (nSPS) is 21.2. The molecule has 0 unspecified atom stereocenters. The van der Waals surface area contributed by atoms with Gasteiger partial charge in [0.25, 0.3) is 0 Å². The van der Waals surface area contributed by atoms with Crippen molar-refractivity contribution in [2.24, 2.45) is 5.92 Å². The molecule has 2 atom stereocenters. The highest BCUT2D eigenvalue weighted by atomic mass is 32.2. The van der Waals surface area contributed by atoms with Crippen LogP contribution in [0.5, 0.6) is 5.75 Å². The molecule has 8 heteroatoms. The van der Waals surface area contributed by atoms with E-state index in [-0.39, 0.29) is 12.0 Å². The van der Waals surface area contributed by atoms with E-state index in [9.17, 15) is 8.42 Å². The SMILES string of the molecule is CS(=O)(=O)N[C@H]1CCOC[C@@H]1COc1ccc(Cn2cccn2)cc1. The lowest BCUT2D eigenvalue weighted by Crippen LogP contribution is -2.47. The van der Waals surface area contributed by atoms with Crippen LogP contribution < -0.4 is 9.46 Å². The van der Waals surface area contributed by atoms with Gasteiger partial charge in [-0.3, -0.25) is 4.68 Å². The van der Waals surface area contributed by atoms with E-state index >= 15 is 0 Å². The van der Waals surface area contributed by atoms with E-state index in [1.807, 2.05) is 41.2 Å². The molecule has 0 radical (unpaired) electrons. The molecular formula is C17H23N3O4S. The van der Waals surface area contributed by atoms with E-state index in [0.29, 0.717) is 32.8 Å². The van der Waals surface area contributed by atoms with Gasteiger partial charge < -0.3 is 9.47 Å². The maximum absolute atomic E-state index is 11.5. The number of hydrogen-bond donors (Lipinski definition) is 1. The fourth-order valence-electron chi connectivity index (χ4n) is 2.87. The fourth-order valence-corrected chi connectivity index (χ4v) is 3.73. The summed E-state index contributed by atoms with van der Waals surface area (Å²) in [5.41, 5.74) is 1.13. The van der Waals surface area contributed by atoms with Crippen LogP contribution in [0.1, 0.15) is 12.0 Å². The van der Waals surface area contributed by atoms with E-state index in [2.05, 4.69) is 9.82 Å². The van der Waals surface area contributed by atoms with Crippen molar-refractivity contribution in [1.82, 2.24) is 14.5 Å². The van der Waals surface area contributed by atoms with Crippen molar-refractivity contribution < 1.29 is 17.9 Å². The molecule has 1 N–H and O–H groups in total. The number of ether oxygens (including phenoxy) is 2. The highest BCUT2D eigenvalue weighted by Crippen LogP contribution is 2.19. The smallest absolute Gasteiger partial charge is 0.208 e. The largest absolute Gasteiger partial charge is 0.493 e. The Kier molecular flexibility index (Phi) is 5.72. The van der Waals surface area contributed by atoms with Gasteiger partial charge in [0.15, 0.2) is 0 Å². The molecule has 0 saturated carbocycles. The molecule has 136 valence electrons. The molecule has 0 spiro atoms. The predicted octanol–water partition coefficient (Wildman–Crippen LogP) is 1.26. The highest BCUT2D eigenvalue weighted by Gasteiger charge is 2.28. The molecular weight excluding hydrogens is 342 g/mol. The predicted molar refractivity (Wildman–Crippen MR) is 94.0 cm³/mol. The van der Waals surface area contributed by atoms with Crippen LogP contribution in [-0.2, 0) is 21.3 Å². The average molecular weight is 365 g/mol. The van der Waals surface area contributed by atoms with Crippen molar-refractivity contribution >= 4 is 10.0 Å². The molecule has 1 aromatic heterocycles. The van der Waals surface area contributed by atoms with Gasteiger partial charge in [-0.1, -0.05) is 12.1 Å². The number of rotatable bonds is 7. The summed E-state index contributed by atoms with van der Waals surface area (Å²) in [5, 5.41) is 4.18. The van der Waals surface area contributed by atoms with Crippen molar-refractivity contribution in [1.29, 1.82) is 0 Å². The Balaban J connectivity index is 1.54. The first-order valence-electron chi connectivity index (χ1n) is 8.24. The lowest BCUT2D eigenvalue weighted by atomic mass is 9.98. The molecule has 7 nitrogen and oxygen atoms in total. The molecule has 1 aliphatic rings. The lowest BCUT2D eigenvalue weighted by molar-refractivity contribution is 0.0187. The van der Waals surface area contributed by atoms with Gasteiger partial charge in [-0.25, -0.2) is 13.1 Å². The number of hydrogen-bond acceptors (Lipinski definition) is 5. The summed E-state index contributed by atoms with van der Waals surface area (Å²) in [6.07, 6.45) is 5.51. The minimum atomic E-state index is -3.24. The van der Waals surface area contributed by atoms with E-state index in [0.717, 1.165) is 11.3 Å².